The van der Waals surface area contributed by atoms with Gasteiger partial charge in [0.05, 0.1) is 11.3 Å². The summed E-state index contributed by atoms with van der Waals surface area (Å²) >= 11 is 0. The minimum absolute atomic E-state index is 0.00304. The van der Waals surface area contributed by atoms with Crippen LogP contribution in [0.1, 0.15) is 40.5 Å². The molecule has 0 bridgehead atoms. The second-order valence-electron chi connectivity index (χ2n) is 6.74. The molecule has 2 unspecified atom stereocenters. The van der Waals surface area contributed by atoms with Crippen LogP contribution in [0.2, 0.25) is 0 Å². The second kappa shape index (κ2) is 6.57. The van der Waals surface area contributed by atoms with E-state index in [1.807, 2.05) is 18.7 Å². The molecule has 1 rings (SSSR count). The average molecular weight is 284 g/mol. The van der Waals surface area contributed by atoms with Crippen LogP contribution < -0.4 is 5.73 Å². The van der Waals surface area contributed by atoms with Crippen molar-refractivity contribution >= 4 is 11.9 Å². The summed E-state index contributed by atoms with van der Waals surface area (Å²) in [7, 11) is 0. The van der Waals surface area contributed by atoms with Gasteiger partial charge in [-0.25, -0.2) is 0 Å². The first-order valence-corrected chi connectivity index (χ1v) is 7.44. The van der Waals surface area contributed by atoms with Crippen molar-refractivity contribution in [3.05, 3.63) is 0 Å². The van der Waals surface area contributed by atoms with Crippen LogP contribution in [0, 0.1) is 23.2 Å². The van der Waals surface area contributed by atoms with Crippen molar-refractivity contribution in [1.82, 2.24) is 4.90 Å². The Morgan fingerprint density at radius 2 is 2.00 bits per heavy atom. The number of amides is 1. The molecule has 5 heteroatoms. The first-order valence-electron chi connectivity index (χ1n) is 7.44. The van der Waals surface area contributed by atoms with Crippen LogP contribution in [-0.2, 0) is 9.59 Å². The van der Waals surface area contributed by atoms with E-state index in [4.69, 9.17) is 5.73 Å². The number of aliphatic carboxylic acids is 1. The highest BCUT2D eigenvalue weighted by Gasteiger charge is 2.40. The molecule has 0 aromatic carbocycles. The Morgan fingerprint density at radius 3 is 2.45 bits per heavy atom. The molecule has 1 saturated heterocycles. The van der Waals surface area contributed by atoms with Gasteiger partial charge in [-0.05, 0) is 38.5 Å². The van der Waals surface area contributed by atoms with Crippen molar-refractivity contribution < 1.29 is 14.7 Å². The summed E-state index contributed by atoms with van der Waals surface area (Å²) in [6.07, 6.45) is 1.72. The van der Waals surface area contributed by atoms with Crippen molar-refractivity contribution in [1.29, 1.82) is 0 Å². The molecule has 0 aromatic heterocycles. The smallest absolute Gasteiger partial charge is 0.309 e. The normalized spacial score (nSPS) is 21.9. The van der Waals surface area contributed by atoms with Gasteiger partial charge in [-0.2, -0.15) is 0 Å². The summed E-state index contributed by atoms with van der Waals surface area (Å²) in [5.41, 5.74) is 4.91. The van der Waals surface area contributed by atoms with Crippen molar-refractivity contribution in [2.24, 2.45) is 28.9 Å². The van der Waals surface area contributed by atoms with Gasteiger partial charge in [-0.15, -0.1) is 0 Å². The maximum Gasteiger partial charge on any atom is 0.309 e. The molecule has 0 spiro atoms. The molecular weight excluding hydrogens is 256 g/mol. The topological polar surface area (TPSA) is 83.6 Å². The van der Waals surface area contributed by atoms with Crippen LogP contribution in [0.25, 0.3) is 0 Å². The Morgan fingerprint density at radius 1 is 1.40 bits per heavy atom. The fourth-order valence-corrected chi connectivity index (χ4v) is 2.83. The van der Waals surface area contributed by atoms with Crippen molar-refractivity contribution in [2.75, 3.05) is 19.6 Å². The van der Waals surface area contributed by atoms with Crippen molar-refractivity contribution in [3.8, 4) is 0 Å². The Labute approximate surface area is 121 Å². The van der Waals surface area contributed by atoms with Gasteiger partial charge in [0.1, 0.15) is 0 Å². The molecule has 116 valence electrons. The van der Waals surface area contributed by atoms with Crippen LogP contribution in [-0.4, -0.2) is 41.5 Å². The van der Waals surface area contributed by atoms with E-state index >= 15 is 0 Å². The fourth-order valence-electron chi connectivity index (χ4n) is 2.83. The van der Waals surface area contributed by atoms with Crippen LogP contribution in [0.4, 0.5) is 0 Å². The van der Waals surface area contributed by atoms with Gasteiger partial charge in [-0.3, -0.25) is 9.59 Å². The SMILES string of the molecule is CC(C)C(CN)C(=O)N1CCCC(C(C)(C)C(=O)O)C1. The van der Waals surface area contributed by atoms with Crippen LogP contribution in [0.3, 0.4) is 0 Å². The molecule has 5 nitrogen and oxygen atoms in total. The minimum Gasteiger partial charge on any atom is -0.481 e. The monoisotopic (exact) mass is 284 g/mol. The highest BCUT2D eigenvalue weighted by molar-refractivity contribution is 5.80. The number of carbonyl (C=O) groups excluding carboxylic acids is 1. The molecule has 1 fully saturated rings. The van der Waals surface area contributed by atoms with E-state index < -0.39 is 11.4 Å². The number of likely N-dealkylation sites (tertiary alicyclic amines) is 1. The molecule has 1 aliphatic heterocycles. The van der Waals surface area contributed by atoms with E-state index in [1.165, 1.54) is 0 Å². The Bertz CT molecular complexity index is 366. The lowest BCUT2D eigenvalue weighted by Crippen LogP contribution is -2.50. The lowest BCUT2D eigenvalue weighted by molar-refractivity contribution is -0.154. The molecule has 0 radical (unpaired) electrons. The van der Waals surface area contributed by atoms with Gasteiger partial charge in [0.25, 0.3) is 0 Å². The standard InChI is InChI=1S/C15H28N2O3/c1-10(2)12(8-16)13(18)17-7-5-6-11(9-17)15(3,4)14(19)20/h10-12H,5-9,16H2,1-4H3,(H,19,20). The van der Waals surface area contributed by atoms with E-state index in [0.717, 1.165) is 12.8 Å². The zero-order chi connectivity index (χ0) is 15.5. The third-order valence-corrected chi connectivity index (χ3v) is 4.68. The number of nitrogens with zero attached hydrogens (tertiary/aromatic N) is 1. The largest absolute Gasteiger partial charge is 0.481 e. The summed E-state index contributed by atoms with van der Waals surface area (Å²) in [4.78, 5) is 25.7. The predicted molar refractivity (Wildman–Crippen MR) is 78.1 cm³/mol. The number of carbonyl (C=O) groups is 2. The van der Waals surface area contributed by atoms with E-state index in [2.05, 4.69) is 0 Å². The number of hydrogen-bond acceptors (Lipinski definition) is 3. The first kappa shape index (κ1) is 17.0. The molecule has 0 aliphatic carbocycles. The van der Waals surface area contributed by atoms with Gasteiger partial charge in [0.2, 0.25) is 5.91 Å². The lowest BCUT2D eigenvalue weighted by Gasteiger charge is -2.40. The lowest BCUT2D eigenvalue weighted by atomic mass is 9.74. The third kappa shape index (κ3) is 3.51. The molecule has 2 atom stereocenters. The molecule has 1 aliphatic rings. The van der Waals surface area contributed by atoms with Gasteiger partial charge in [0.15, 0.2) is 0 Å². The van der Waals surface area contributed by atoms with E-state index in [1.54, 1.807) is 13.8 Å². The van der Waals surface area contributed by atoms with Crippen LogP contribution >= 0.6 is 0 Å². The van der Waals surface area contributed by atoms with Gasteiger partial charge in [-0.1, -0.05) is 13.8 Å². The fraction of sp³-hybridized carbons (Fsp3) is 0.867. The van der Waals surface area contributed by atoms with Gasteiger partial charge >= 0.3 is 5.97 Å². The first-order chi connectivity index (χ1) is 9.21. The zero-order valence-corrected chi connectivity index (χ0v) is 13.1. The molecule has 20 heavy (non-hydrogen) atoms. The van der Waals surface area contributed by atoms with Gasteiger partial charge < -0.3 is 15.7 Å². The minimum atomic E-state index is -0.797. The Balaban J connectivity index is 2.79. The highest BCUT2D eigenvalue weighted by Crippen LogP contribution is 2.34. The molecule has 1 amide bonds. The third-order valence-electron chi connectivity index (χ3n) is 4.68. The van der Waals surface area contributed by atoms with Crippen LogP contribution in [0.5, 0.6) is 0 Å². The van der Waals surface area contributed by atoms with Crippen molar-refractivity contribution in [2.45, 2.75) is 40.5 Å². The maximum absolute atomic E-state index is 12.5. The molecule has 3 N–H and O–H groups in total. The number of rotatable bonds is 5. The highest BCUT2D eigenvalue weighted by atomic mass is 16.4. The molecular formula is C15H28N2O3. The summed E-state index contributed by atoms with van der Waals surface area (Å²) in [6, 6.07) is 0. The number of nitrogens with two attached hydrogens (primary N) is 1. The summed E-state index contributed by atoms with van der Waals surface area (Å²) in [6.45, 7) is 9.08. The number of hydrogen-bond donors (Lipinski definition) is 2. The Kier molecular flexibility index (Phi) is 5.57. The summed E-state index contributed by atoms with van der Waals surface area (Å²) in [5.74, 6) is -0.672. The summed E-state index contributed by atoms with van der Waals surface area (Å²) in [5, 5.41) is 9.34. The maximum atomic E-state index is 12.5. The van der Waals surface area contributed by atoms with E-state index in [0.29, 0.717) is 19.6 Å². The van der Waals surface area contributed by atoms with Crippen LogP contribution in [0.15, 0.2) is 0 Å². The Hall–Kier alpha value is -1.10. The van der Waals surface area contributed by atoms with E-state index in [9.17, 15) is 14.7 Å². The summed E-state index contributed by atoms with van der Waals surface area (Å²) < 4.78 is 0. The second-order valence-corrected chi connectivity index (χ2v) is 6.74. The quantitative estimate of drug-likeness (QED) is 0.802. The number of carboxylic acid groups (broad SMARTS) is 1. The van der Waals surface area contributed by atoms with Gasteiger partial charge in [0, 0.05) is 19.6 Å². The predicted octanol–water partition coefficient (Wildman–Crippen LogP) is 1.57. The molecule has 0 saturated carbocycles. The average Bonchev–Trinajstić information content (AvgIpc) is 2.38. The van der Waals surface area contributed by atoms with E-state index in [-0.39, 0.29) is 23.7 Å². The molecule has 1 heterocycles. The zero-order valence-electron chi connectivity index (χ0n) is 13.1. The number of carboxylic acids is 1. The van der Waals surface area contributed by atoms with Crippen molar-refractivity contribution in [3.63, 3.8) is 0 Å². The molecule has 0 aromatic rings. The number of piperidine rings is 1.